The minimum atomic E-state index is -0.346. The Morgan fingerprint density at radius 1 is 1.38 bits per heavy atom. The van der Waals surface area contributed by atoms with E-state index in [2.05, 4.69) is 15.9 Å². The van der Waals surface area contributed by atoms with Gasteiger partial charge in [0.05, 0.1) is 25.5 Å². The number of rotatable bonds is 7. The molecule has 1 amide bonds. The SMILES string of the molecule is CCOC(=O)CCN(CCC#N)C(=O)c1cccc(Br)c1. The fourth-order valence-electron chi connectivity index (χ4n) is 1.76. The predicted molar refractivity (Wildman–Crippen MR) is 81.5 cm³/mol. The van der Waals surface area contributed by atoms with Gasteiger partial charge in [-0.3, -0.25) is 9.59 Å². The van der Waals surface area contributed by atoms with Crippen LogP contribution in [-0.2, 0) is 9.53 Å². The van der Waals surface area contributed by atoms with Gasteiger partial charge in [-0.25, -0.2) is 0 Å². The fourth-order valence-corrected chi connectivity index (χ4v) is 2.16. The van der Waals surface area contributed by atoms with Crippen LogP contribution in [0.3, 0.4) is 0 Å². The number of nitriles is 1. The van der Waals surface area contributed by atoms with Gasteiger partial charge in [0.1, 0.15) is 0 Å². The quantitative estimate of drug-likeness (QED) is 0.707. The van der Waals surface area contributed by atoms with Crippen molar-refractivity contribution in [3.63, 3.8) is 0 Å². The Kier molecular flexibility index (Phi) is 7.48. The highest BCUT2D eigenvalue weighted by atomic mass is 79.9. The monoisotopic (exact) mass is 352 g/mol. The number of halogens is 1. The van der Waals surface area contributed by atoms with Crippen LogP contribution in [0.4, 0.5) is 0 Å². The highest BCUT2D eigenvalue weighted by Gasteiger charge is 2.17. The zero-order valence-electron chi connectivity index (χ0n) is 11.8. The highest BCUT2D eigenvalue weighted by molar-refractivity contribution is 9.10. The molecule has 1 rings (SSSR count). The van der Waals surface area contributed by atoms with Crippen LogP contribution in [0.2, 0.25) is 0 Å². The van der Waals surface area contributed by atoms with E-state index in [1.54, 1.807) is 25.1 Å². The van der Waals surface area contributed by atoms with E-state index in [9.17, 15) is 9.59 Å². The molecule has 0 spiro atoms. The normalized spacial score (nSPS) is 9.76. The molecule has 0 heterocycles. The Balaban J connectivity index is 2.74. The highest BCUT2D eigenvalue weighted by Crippen LogP contribution is 2.14. The molecule has 112 valence electrons. The van der Waals surface area contributed by atoms with Crippen LogP contribution in [0.25, 0.3) is 0 Å². The second-order valence-corrected chi connectivity index (χ2v) is 5.18. The number of carbonyl (C=O) groups is 2. The number of benzene rings is 1. The minimum Gasteiger partial charge on any atom is -0.466 e. The Labute approximate surface area is 132 Å². The number of carbonyl (C=O) groups excluding carboxylic acids is 2. The number of hydrogen-bond acceptors (Lipinski definition) is 4. The molecule has 0 aliphatic carbocycles. The summed E-state index contributed by atoms with van der Waals surface area (Å²) in [7, 11) is 0. The number of hydrogen-bond donors (Lipinski definition) is 0. The molecule has 0 aromatic heterocycles. The molecule has 21 heavy (non-hydrogen) atoms. The number of esters is 1. The molecule has 0 saturated heterocycles. The Hall–Kier alpha value is -1.87. The molecule has 0 saturated carbocycles. The molecule has 0 atom stereocenters. The van der Waals surface area contributed by atoms with Crippen molar-refractivity contribution in [2.45, 2.75) is 19.8 Å². The first-order valence-corrected chi connectivity index (χ1v) is 7.45. The summed E-state index contributed by atoms with van der Waals surface area (Å²) in [4.78, 5) is 25.3. The third-order valence-corrected chi connectivity index (χ3v) is 3.24. The van der Waals surface area contributed by atoms with Crippen LogP contribution < -0.4 is 0 Å². The molecule has 0 radical (unpaired) electrons. The summed E-state index contributed by atoms with van der Waals surface area (Å²) in [5.41, 5.74) is 0.520. The van der Waals surface area contributed by atoms with Crippen molar-refractivity contribution in [2.75, 3.05) is 19.7 Å². The zero-order valence-corrected chi connectivity index (χ0v) is 13.4. The second kappa shape index (κ2) is 9.14. The van der Waals surface area contributed by atoms with Crippen LogP contribution in [0, 0.1) is 11.3 Å². The van der Waals surface area contributed by atoms with E-state index in [4.69, 9.17) is 10.00 Å². The van der Waals surface area contributed by atoms with Gasteiger partial charge in [-0.05, 0) is 25.1 Å². The zero-order chi connectivity index (χ0) is 15.7. The van der Waals surface area contributed by atoms with Gasteiger partial charge in [0.2, 0.25) is 0 Å². The van der Waals surface area contributed by atoms with E-state index in [1.807, 2.05) is 12.1 Å². The fraction of sp³-hybridized carbons (Fsp3) is 0.400. The summed E-state index contributed by atoms with van der Waals surface area (Å²) in [6.45, 7) is 2.59. The van der Waals surface area contributed by atoms with Crippen LogP contribution in [0.1, 0.15) is 30.1 Å². The average Bonchev–Trinajstić information content (AvgIpc) is 2.47. The summed E-state index contributed by atoms with van der Waals surface area (Å²) < 4.78 is 5.66. The van der Waals surface area contributed by atoms with E-state index in [1.165, 1.54) is 4.90 Å². The molecule has 0 fully saturated rings. The van der Waals surface area contributed by atoms with Gasteiger partial charge in [-0.2, -0.15) is 5.26 Å². The predicted octanol–water partition coefficient (Wildman–Crippen LogP) is 2.76. The van der Waals surface area contributed by atoms with Gasteiger partial charge in [-0.1, -0.05) is 22.0 Å². The van der Waals surface area contributed by atoms with E-state index in [0.717, 1.165) is 4.47 Å². The smallest absolute Gasteiger partial charge is 0.307 e. The maximum atomic E-state index is 12.4. The van der Waals surface area contributed by atoms with Gasteiger partial charge in [0.25, 0.3) is 5.91 Å². The molecule has 0 aliphatic rings. The molecular formula is C15H17BrN2O3. The topological polar surface area (TPSA) is 70.4 Å². The first kappa shape index (κ1) is 17.2. The molecule has 0 unspecified atom stereocenters. The molecule has 6 heteroatoms. The van der Waals surface area contributed by atoms with Crippen molar-refractivity contribution < 1.29 is 14.3 Å². The van der Waals surface area contributed by atoms with Gasteiger partial charge >= 0.3 is 5.97 Å². The minimum absolute atomic E-state index is 0.124. The van der Waals surface area contributed by atoms with Crippen LogP contribution in [0.15, 0.2) is 28.7 Å². The van der Waals surface area contributed by atoms with Crippen molar-refractivity contribution >= 4 is 27.8 Å². The second-order valence-electron chi connectivity index (χ2n) is 4.27. The molecule has 5 nitrogen and oxygen atoms in total. The summed E-state index contributed by atoms with van der Waals surface area (Å²) >= 11 is 3.32. The maximum Gasteiger partial charge on any atom is 0.307 e. The molecule has 1 aromatic rings. The van der Waals surface area contributed by atoms with Gasteiger partial charge in [-0.15, -0.1) is 0 Å². The third kappa shape index (κ3) is 5.96. The molecule has 0 aliphatic heterocycles. The Morgan fingerprint density at radius 3 is 2.76 bits per heavy atom. The first-order valence-electron chi connectivity index (χ1n) is 6.66. The van der Waals surface area contributed by atoms with E-state index in [0.29, 0.717) is 18.7 Å². The van der Waals surface area contributed by atoms with Crippen LogP contribution in [0.5, 0.6) is 0 Å². The summed E-state index contributed by atoms with van der Waals surface area (Å²) in [5.74, 6) is -0.544. The van der Waals surface area contributed by atoms with E-state index >= 15 is 0 Å². The first-order chi connectivity index (χ1) is 10.1. The lowest BCUT2D eigenvalue weighted by Crippen LogP contribution is -2.34. The number of amides is 1. The third-order valence-electron chi connectivity index (χ3n) is 2.74. The summed E-state index contributed by atoms with van der Waals surface area (Å²) in [6, 6.07) is 9.03. The van der Waals surface area contributed by atoms with Crippen molar-refractivity contribution in [1.29, 1.82) is 5.26 Å². The van der Waals surface area contributed by atoms with Crippen LogP contribution >= 0.6 is 15.9 Å². The van der Waals surface area contributed by atoms with Gasteiger partial charge in [0.15, 0.2) is 0 Å². The summed E-state index contributed by atoms with van der Waals surface area (Å²) in [6.07, 6.45) is 0.349. The molecule has 0 N–H and O–H groups in total. The van der Waals surface area contributed by atoms with Gasteiger partial charge < -0.3 is 9.64 Å². The van der Waals surface area contributed by atoms with Crippen LogP contribution in [-0.4, -0.2) is 36.5 Å². The lowest BCUT2D eigenvalue weighted by molar-refractivity contribution is -0.143. The largest absolute Gasteiger partial charge is 0.466 e. The molecule has 1 aromatic carbocycles. The van der Waals surface area contributed by atoms with Crippen molar-refractivity contribution in [2.24, 2.45) is 0 Å². The lowest BCUT2D eigenvalue weighted by atomic mass is 10.2. The maximum absolute atomic E-state index is 12.4. The number of ether oxygens (including phenoxy) is 1. The van der Waals surface area contributed by atoms with E-state index in [-0.39, 0.29) is 31.3 Å². The van der Waals surface area contributed by atoms with Crippen molar-refractivity contribution in [3.05, 3.63) is 34.3 Å². The summed E-state index contributed by atoms with van der Waals surface area (Å²) in [5, 5.41) is 8.69. The Bertz CT molecular complexity index is 540. The van der Waals surface area contributed by atoms with Gasteiger partial charge in [0, 0.05) is 23.1 Å². The average molecular weight is 353 g/mol. The Morgan fingerprint density at radius 2 is 2.14 bits per heavy atom. The van der Waals surface area contributed by atoms with E-state index < -0.39 is 0 Å². The number of nitrogens with zero attached hydrogens (tertiary/aromatic N) is 2. The molecular weight excluding hydrogens is 336 g/mol. The lowest BCUT2D eigenvalue weighted by Gasteiger charge is -2.21. The van der Waals surface area contributed by atoms with Crippen molar-refractivity contribution in [3.8, 4) is 6.07 Å². The molecule has 0 bridgehead atoms. The van der Waals surface area contributed by atoms with Crippen molar-refractivity contribution in [1.82, 2.24) is 4.90 Å². The standard InChI is InChI=1S/C15H17BrN2O3/c1-2-21-14(19)7-10-18(9-4-8-17)15(20)12-5-3-6-13(16)11-12/h3,5-6,11H,2,4,7,9-10H2,1H3.